The van der Waals surface area contributed by atoms with Gasteiger partial charge in [-0.05, 0) is 37.3 Å². The molecule has 0 fully saturated rings. The number of nitrogens with one attached hydrogen (secondary N) is 3. The molecular weight excluding hydrogens is 330 g/mol. The normalized spacial score (nSPS) is 11.8. The Hall–Kier alpha value is -3.35. The Balaban J connectivity index is 1.65. The van der Waals surface area contributed by atoms with Gasteiger partial charge in [-0.15, -0.1) is 0 Å². The highest BCUT2D eigenvalue weighted by atomic mass is 16.2. The molecule has 134 valence electrons. The fourth-order valence-corrected chi connectivity index (χ4v) is 2.51. The van der Waals surface area contributed by atoms with Gasteiger partial charge in [0.05, 0.1) is 11.0 Å². The molecule has 0 saturated heterocycles. The summed E-state index contributed by atoms with van der Waals surface area (Å²) in [5, 5.41) is 5.39. The van der Waals surface area contributed by atoms with Crippen molar-refractivity contribution >= 4 is 34.5 Å². The fraction of sp³-hybridized carbons (Fsp3) is 0.211. The summed E-state index contributed by atoms with van der Waals surface area (Å²) in [5.41, 5.74) is 3.01. The number of hydrogen-bond donors (Lipinski definition) is 3. The summed E-state index contributed by atoms with van der Waals surface area (Å²) in [6, 6.07) is 14.0. The molecule has 0 unspecified atom stereocenters. The molecule has 0 aliphatic heterocycles. The molecule has 1 heterocycles. The first-order chi connectivity index (χ1) is 12.4. The third-order valence-corrected chi connectivity index (χ3v) is 4.00. The second-order valence-corrected chi connectivity index (χ2v) is 6.23. The zero-order chi connectivity index (χ0) is 18.7. The number of aromatic amines is 1. The highest BCUT2D eigenvalue weighted by molar-refractivity contribution is 6.01. The summed E-state index contributed by atoms with van der Waals surface area (Å²) in [6.45, 7) is 1.63. The number of amides is 2. The average molecular weight is 351 g/mol. The van der Waals surface area contributed by atoms with E-state index in [2.05, 4.69) is 20.6 Å². The van der Waals surface area contributed by atoms with Crippen molar-refractivity contribution in [1.82, 2.24) is 15.3 Å². The third-order valence-electron chi connectivity index (χ3n) is 4.00. The van der Waals surface area contributed by atoms with Crippen LogP contribution in [0.3, 0.4) is 0 Å². The van der Waals surface area contributed by atoms with Crippen LogP contribution < -0.4 is 15.5 Å². The van der Waals surface area contributed by atoms with Crippen molar-refractivity contribution in [2.24, 2.45) is 0 Å². The summed E-state index contributed by atoms with van der Waals surface area (Å²) >= 11 is 0. The first-order valence-corrected chi connectivity index (χ1v) is 8.28. The zero-order valence-corrected chi connectivity index (χ0v) is 14.9. The Bertz CT molecular complexity index is 915. The molecule has 0 spiro atoms. The Morgan fingerprint density at radius 3 is 2.62 bits per heavy atom. The molecule has 0 saturated carbocycles. The number of para-hydroxylation sites is 2. The first kappa shape index (κ1) is 17.5. The summed E-state index contributed by atoms with van der Waals surface area (Å²) in [6.07, 6.45) is 0. The smallest absolute Gasteiger partial charge is 0.251 e. The molecule has 1 aromatic heterocycles. The van der Waals surface area contributed by atoms with Crippen molar-refractivity contribution in [3.05, 3.63) is 54.1 Å². The number of hydrogen-bond acceptors (Lipinski definition) is 4. The van der Waals surface area contributed by atoms with Crippen LogP contribution in [-0.2, 0) is 4.79 Å². The maximum Gasteiger partial charge on any atom is 0.251 e. The maximum atomic E-state index is 12.4. The third kappa shape index (κ3) is 3.83. The van der Waals surface area contributed by atoms with Crippen molar-refractivity contribution in [2.45, 2.75) is 13.0 Å². The number of H-pyrrole nitrogens is 1. The van der Waals surface area contributed by atoms with Gasteiger partial charge >= 0.3 is 0 Å². The van der Waals surface area contributed by atoms with Crippen molar-refractivity contribution in [1.29, 1.82) is 0 Å². The predicted octanol–water partition coefficient (Wildman–Crippen LogP) is 2.39. The minimum Gasteiger partial charge on any atom is -0.378 e. The second kappa shape index (κ2) is 7.26. The zero-order valence-electron chi connectivity index (χ0n) is 14.9. The van der Waals surface area contributed by atoms with Crippen LogP contribution in [0.15, 0.2) is 48.5 Å². The number of carbonyl (C=O) groups is 2. The van der Waals surface area contributed by atoms with E-state index in [0.717, 1.165) is 16.7 Å². The van der Waals surface area contributed by atoms with E-state index in [4.69, 9.17) is 0 Å². The summed E-state index contributed by atoms with van der Waals surface area (Å²) in [4.78, 5) is 34.0. The monoisotopic (exact) mass is 351 g/mol. The molecule has 0 aliphatic rings. The predicted molar refractivity (Wildman–Crippen MR) is 102 cm³/mol. The van der Waals surface area contributed by atoms with Crippen LogP contribution in [-0.4, -0.2) is 41.9 Å². The Morgan fingerprint density at radius 1 is 1.12 bits per heavy atom. The van der Waals surface area contributed by atoms with Crippen LogP contribution in [0.25, 0.3) is 11.0 Å². The van der Waals surface area contributed by atoms with Gasteiger partial charge in [0.2, 0.25) is 11.9 Å². The molecule has 2 amide bonds. The fourth-order valence-electron chi connectivity index (χ4n) is 2.51. The van der Waals surface area contributed by atoms with Crippen LogP contribution in [0.4, 0.5) is 11.6 Å². The molecule has 2 aromatic carbocycles. The van der Waals surface area contributed by atoms with E-state index in [-0.39, 0.29) is 11.8 Å². The minimum atomic E-state index is -0.710. The quantitative estimate of drug-likeness (QED) is 0.658. The molecule has 7 heteroatoms. The van der Waals surface area contributed by atoms with Gasteiger partial charge in [-0.2, -0.15) is 0 Å². The topological polar surface area (TPSA) is 90.1 Å². The molecule has 0 aliphatic carbocycles. The Morgan fingerprint density at radius 2 is 1.88 bits per heavy atom. The lowest BCUT2D eigenvalue weighted by Crippen LogP contribution is -2.41. The van der Waals surface area contributed by atoms with Crippen molar-refractivity contribution in [3.63, 3.8) is 0 Å². The highest BCUT2D eigenvalue weighted by Crippen LogP contribution is 2.14. The molecule has 0 bridgehead atoms. The van der Waals surface area contributed by atoms with Crippen molar-refractivity contribution in [3.8, 4) is 0 Å². The Kier molecular flexibility index (Phi) is 4.88. The molecular formula is C19H21N5O2. The largest absolute Gasteiger partial charge is 0.378 e. The molecule has 7 nitrogen and oxygen atoms in total. The lowest BCUT2D eigenvalue weighted by Gasteiger charge is -2.15. The summed E-state index contributed by atoms with van der Waals surface area (Å²) in [7, 11) is 3.81. The van der Waals surface area contributed by atoms with Gasteiger partial charge in [0.15, 0.2) is 0 Å². The van der Waals surface area contributed by atoms with E-state index < -0.39 is 6.04 Å². The Labute approximate surface area is 151 Å². The van der Waals surface area contributed by atoms with E-state index in [0.29, 0.717) is 11.5 Å². The van der Waals surface area contributed by atoms with Gasteiger partial charge in [0, 0.05) is 25.3 Å². The highest BCUT2D eigenvalue weighted by Gasteiger charge is 2.18. The summed E-state index contributed by atoms with van der Waals surface area (Å²) < 4.78 is 0. The van der Waals surface area contributed by atoms with E-state index in [9.17, 15) is 9.59 Å². The SMILES string of the molecule is C[C@H](NC(=O)c1cccc(N(C)C)c1)C(=O)Nc1nc2ccccc2[nH]1. The van der Waals surface area contributed by atoms with Crippen LogP contribution >= 0.6 is 0 Å². The van der Waals surface area contributed by atoms with Crippen LogP contribution in [0.5, 0.6) is 0 Å². The lowest BCUT2D eigenvalue weighted by atomic mass is 10.1. The van der Waals surface area contributed by atoms with Gasteiger partial charge < -0.3 is 15.2 Å². The molecule has 3 N–H and O–H groups in total. The number of rotatable bonds is 5. The van der Waals surface area contributed by atoms with E-state index in [1.165, 1.54) is 0 Å². The van der Waals surface area contributed by atoms with E-state index in [1.54, 1.807) is 19.1 Å². The maximum absolute atomic E-state index is 12.4. The molecule has 1 atom stereocenters. The molecule has 26 heavy (non-hydrogen) atoms. The van der Waals surface area contributed by atoms with Gasteiger partial charge in [-0.1, -0.05) is 18.2 Å². The van der Waals surface area contributed by atoms with Gasteiger partial charge in [-0.3, -0.25) is 14.9 Å². The molecule has 0 radical (unpaired) electrons. The molecule has 3 rings (SSSR count). The summed E-state index contributed by atoms with van der Waals surface area (Å²) in [5.74, 6) is -0.297. The van der Waals surface area contributed by atoms with Crippen LogP contribution in [0.1, 0.15) is 17.3 Å². The number of aromatic nitrogens is 2. The van der Waals surface area contributed by atoms with Gasteiger partial charge in [0.1, 0.15) is 6.04 Å². The number of benzene rings is 2. The second-order valence-electron chi connectivity index (χ2n) is 6.23. The number of anilines is 2. The number of fused-ring (bicyclic) bond motifs is 1. The van der Waals surface area contributed by atoms with Crippen molar-refractivity contribution in [2.75, 3.05) is 24.3 Å². The number of carbonyl (C=O) groups excluding carboxylic acids is 2. The van der Waals surface area contributed by atoms with E-state index >= 15 is 0 Å². The van der Waals surface area contributed by atoms with Gasteiger partial charge in [-0.25, -0.2) is 4.98 Å². The van der Waals surface area contributed by atoms with Gasteiger partial charge in [0.25, 0.3) is 5.91 Å². The van der Waals surface area contributed by atoms with Crippen LogP contribution in [0, 0.1) is 0 Å². The van der Waals surface area contributed by atoms with E-state index in [1.807, 2.05) is 55.4 Å². The number of nitrogens with zero attached hydrogens (tertiary/aromatic N) is 2. The first-order valence-electron chi connectivity index (χ1n) is 8.28. The van der Waals surface area contributed by atoms with Crippen molar-refractivity contribution < 1.29 is 9.59 Å². The average Bonchev–Trinajstić information content (AvgIpc) is 3.03. The minimum absolute atomic E-state index is 0.305. The molecule has 3 aromatic rings. The standard InChI is InChI=1S/C19H21N5O2/c1-12(20-18(26)13-7-6-8-14(11-13)24(2)3)17(25)23-19-21-15-9-4-5-10-16(15)22-19/h4-12H,1-3H3,(H,20,26)(H2,21,22,23,25)/t12-/m0/s1. The van der Waals surface area contributed by atoms with Crippen LogP contribution in [0.2, 0.25) is 0 Å². The lowest BCUT2D eigenvalue weighted by molar-refractivity contribution is -0.117. The number of imidazole rings is 1.